The van der Waals surface area contributed by atoms with Crippen LogP contribution in [0.25, 0.3) is 0 Å². The van der Waals surface area contributed by atoms with Crippen molar-refractivity contribution < 1.29 is 16.8 Å². The molecule has 0 aliphatic rings. The van der Waals surface area contributed by atoms with E-state index in [9.17, 15) is 16.8 Å². The zero-order valence-corrected chi connectivity index (χ0v) is 12.9. The Morgan fingerprint density at radius 3 is 2.00 bits per heavy atom. The Labute approximate surface area is 114 Å². The molecule has 6 nitrogen and oxygen atoms in total. The topological polar surface area (TPSA) is 83.6 Å². The van der Waals surface area contributed by atoms with Crippen LogP contribution in [0.15, 0.2) is 29.2 Å². The third-order valence-electron chi connectivity index (χ3n) is 1.77. The van der Waals surface area contributed by atoms with Crippen LogP contribution >= 0.6 is 22.6 Å². The average molecular weight is 390 g/mol. The molecule has 0 aliphatic heterocycles. The molecule has 0 aliphatic carbocycles. The molecule has 0 saturated heterocycles. The van der Waals surface area contributed by atoms with Crippen LogP contribution in [0.3, 0.4) is 0 Å². The highest BCUT2D eigenvalue weighted by Crippen LogP contribution is 2.15. The molecule has 0 heterocycles. The maximum Gasteiger partial charge on any atom is 0.256 e. The number of hydrogen-bond donors (Lipinski definition) is 1. The molecule has 17 heavy (non-hydrogen) atoms. The Morgan fingerprint density at radius 1 is 1.12 bits per heavy atom. The third kappa shape index (κ3) is 4.17. The Balaban J connectivity index is 3.07. The van der Waals surface area contributed by atoms with E-state index in [0.717, 1.165) is 16.9 Å². The van der Waals surface area contributed by atoms with Crippen molar-refractivity contribution in [3.05, 3.63) is 27.8 Å². The molecular formula is C8H11IN2O4S2. The molecular weight excluding hydrogens is 379 g/mol. The van der Waals surface area contributed by atoms with Gasteiger partial charge in [0.15, 0.2) is 0 Å². The van der Waals surface area contributed by atoms with Crippen LogP contribution in [-0.4, -0.2) is 34.6 Å². The van der Waals surface area contributed by atoms with E-state index in [-0.39, 0.29) is 4.90 Å². The number of benzene rings is 1. The van der Waals surface area contributed by atoms with Gasteiger partial charge in [0.2, 0.25) is 10.0 Å². The van der Waals surface area contributed by atoms with Gasteiger partial charge >= 0.3 is 0 Å². The number of nitrogens with one attached hydrogen (secondary N) is 1. The summed E-state index contributed by atoms with van der Waals surface area (Å²) in [5.74, 6) is 0. The summed E-state index contributed by atoms with van der Waals surface area (Å²) in [6, 6.07) is 6.08. The molecule has 96 valence electrons. The molecule has 1 aromatic rings. The van der Waals surface area contributed by atoms with Crippen molar-refractivity contribution in [2.45, 2.75) is 4.90 Å². The SMILES string of the molecule is CN(NS(C)(=O)=O)S(=O)(=O)c1ccc(I)cc1. The molecule has 0 atom stereocenters. The predicted molar refractivity (Wildman–Crippen MR) is 72.1 cm³/mol. The molecule has 0 saturated carbocycles. The zero-order valence-electron chi connectivity index (χ0n) is 9.08. The Bertz CT molecular complexity index is 595. The second-order valence-electron chi connectivity index (χ2n) is 3.29. The summed E-state index contributed by atoms with van der Waals surface area (Å²) in [6.45, 7) is 0. The van der Waals surface area contributed by atoms with Gasteiger partial charge in [0.1, 0.15) is 0 Å². The number of halogens is 1. The summed E-state index contributed by atoms with van der Waals surface area (Å²) in [5, 5.41) is 0. The van der Waals surface area contributed by atoms with Crippen LogP contribution < -0.4 is 4.83 Å². The highest BCUT2D eigenvalue weighted by Gasteiger charge is 2.23. The largest absolute Gasteiger partial charge is 0.256 e. The minimum Gasteiger partial charge on any atom is -0.211 e. The van der Waals surface area contributed by atoms with E-state index in [2.05, 4.69) is 0 Å². The number of hydrogen-bond acceptors (Lipinski definition) is 4. The first kappa shape index (κ1) is 14.8. The molecule has 0 spiro atoms. The van der Waals surface area contributed by atoms with Gasteiger partial charge in [-0.25, -0.2) is 16.8 Å². The second kappa shape index (κ2) is 5.18. The van der Waals surface area contributed by atoms with Gasteiger partial charge in [0.05, 0.1) is 11.2 Å². The first-order valence-corrected chi connectivity index (χ1v) is 8.76. The maximum absolute atomic E-state index is 11.9. The summed E-state index contributed by atoms with van der Waals surface area (Å²) in [7, 11) is -6.34. The standard InChI is InChI=1S/C8H11IN2O4S2/c1-11(10-16(2,12)13)17(14,15)8-5-3-7(9)4-6-8/h3-6,10H,1-2H3. The summed E-state index contributed by atoms with van der Waals surface area (Å²) >= 11 is 2.04. The summed E-state index contributed by atoms with van der Waals surface area (Å²) < 4.78 is 47.2. The minimum absolute atomic E-state index is 0.0246. The van der Waals surface area contributed by atoms with Crippen molar-refractivity contribution in [2.24, 2.45) is 0 Å². The smallest absolute Gasteiger partial charge is 0.211 e. The van der Waals surface area contributed by atoms with Gasteiger partial charge in [-0.05, 0) is 46.9 Å². The molecule has 9 heteroatoms. The van der Waals surface area contributed by atoms with E-state index in [1.165, 1.54) is 12.1 Å². The van der Waals surface area contributed by atoms with Gasteiger partial charge in [0.25, 0.3) is 10.0 Å². The monoisotopic (exact) mass is 390 g/mol. The van der Waals surface area contributed by atoms with E-state index >= 15 is 0 Å². The minimum atomic E-state index is -3.85. The summed E-state index contributed by atoms with van der Waals surface area (Å²) in [4.78, 5) is 1.91. The van der Waals surface area contributed by atoms with E-state index in [1.807, 2.05) is 27.4 Å². The number of hydrazine groups is 1. The summed E-state index contributed by atoms with van der Waals surface area (Å²) in [5.41, 5.74) is 0. The van der Waals surface area contributed by atoms with Gasteiger partial charge in [-0.2, -0.15) is 0 Å². The van der Waals surface area contributed by atoms with Crippen LogP contribution in [0.2, 0.25) is 0 Å². The second-order valence-corrected chi connectivity index (χ2v) is 8.23. The molecule has 0 unspecified atom stereocenters. The Kier molecular flexibility index (Phi) is 4.52. The normalized spacial score (nSPS) is 12.9. The first-order chi connectivity index (χ1) is 7.63. The van der Waals surface area contributed by atoms with Crippen LogP contribution in [-0.2, 0) is 20.0 Å². The zero-order chi connectivity index (χ0) is 13.3. The quantitative estimate of drug-likeness (QED) is 0.595. The molecule has 0 fully saturated rings. The number of nitrogens with zero attached hydrogens (tertiary/aromatic N) is 1. The number of rotatable bonds is 4. The summed E-state index contributed by atoms with van der Waals surface area (Å²) in [6.07, 6.45) is 0.882. The van der Waals surface area contributed by atoms with Gasteiger partial charge in [-0.15, -0.1) is 9.25 Å². The van der Waals surface area contributed by atoms with Gasteiger partial charge in [0, 0.05) is 10.6 Å². The average Bonchev–Trinajstić information content (AvgIpc) is 2.15. The lowest BCUT2D eigenvalue weighted by molar-refractivity contribution is 0.434. The lowest BCUT2D eigenvalue weighted by Crippen LogP contribution is -2.42. The molecule has 0 amide bonds. The predicted octanol–water partition coefficient (Wildman–Crippen LogP) is 0.376. The van der Waals surface area contributed by atoms with Gasteiger partial charge in [-0.1, -0.05) is 0 Å². The van der Waals surface area contributed by atoms with Gasteiger partial charge < -0.3 is 0 Å². The lowest BCUT2D eigenvalue weighted by atomic mass is 10.4. The fourth-order valence-electron chi connectivity index (χ4n) is 1.05. The maximum atomic E-state index is 11.9. The molecule has 1 aromatic carbocycles. The van der Waals surface area contributed by atoms with Crippen molar-refractivity contribution >= 4 is 42.6 Å². The van der Waals surface area contributed by atoms with Crippen molar-refractivity contribution in [2.75, 3.05) is 13.3 Å². The Morgan fingerprint density at radius 2 is 1.59 bits per heavy atom. The van der Waals surface area contributed by atoms with E-state index < -0.39 is 20.0 Å². The highest BCUT2D eigenvalue weighted by molar-refractivity contribution is 14.1. The fourth-order valence-corrected chi connectivity index (χ4v) is 3.47. The van der Waals surface area contributed by atoms with Gasteiger partial charge in [-0.3, -0.25) is 0 Å². The molecule has 0 bridgehead atoms. The van der Waals surface area contributed by atoms with E-state index in [1.54, 1.807) is 12.1 Å². The van der Waals surface area contributed by atoms with E-state index in [4.69, 9.17) is 0 Å². The van der Waals surface area contributed by atoms with Crippen molar-refractivity contribution in [1.29, 1.82) is 0 Å². The fraction of sp³-hybridized carbons (Fsp3) is 0.250. The Hall–Kier alpha value is -0.230. The van der Waals surface area contributed by atoms with Crippen molar-refractivity contribution in [3.63, 3.8) is 0 Å². The van der Waals surface area contributed by atoms with Crippen LogP contribution in [0.1, 0.15) is 0 Å². The molecule has 0 radical (unpaired) electrons. The highest BCUT2D eigenvalue weighted by atomic mass is 127. The molecule has 1 rings (SSSR count). The van der Waals surface area contributed by atoms with Crippen molar-refractivity contribution in [1.82, 2.24) is 9.25 Å². The molecule has 1 N–H and O–H groups in total. The third-order valence-corrected chi connectivity index (χ3v) is 4.89. The lowest BCUT2D eigenvalue weighted by Gasteiger charge is -2.16. The van der Waals surface area contributed by atoms with Crippen molar-refractivity contribution in [3.8, 4) is 0 Å². The van der Waals surface area contributed by atoms with Crippen LogP contribution in [0.5, 0.6) is 0 Å². The van der Waals surface area contributed by atoms with E-state index in [0.29, 0.717) is 4.41 Å². The number of sulfonamides is 2. The van der Waals surface area contributed by atoms with Crippen LogP contribution in [0, 0.1) is 3.57 Å². The first-order valence-electron chi connectivity index (χ1n) is 4.35. The molecule has 0 aromatic heterocycles. The van der Waals surface area contributed by atoms with Crippen LogP contribution in [0.4, 0.5) is 0 Å².